The van der Waals surface area contributed by atoms with E-state index < -0.39 is 5.97 Å². The van der Waals surface area contributed by atoms with Crippen molar-refractivity contribution in [2.24, 2.45) is 0 Å². The summed E-state index contributed by atoms with van der Waals surface area (Å²) < 4.78 is 0. The van der Waals surface area contributed by atoms with Crippen molar-refractivity contribution in [3.63, 3.8) is 0 Å². The third kappa shape index (κ3) is 4.38. The molecule has 1 aromatic heterocycles. The topological polar surface area (TPSA) is 69.6 Å². The minimum absolute atomic E-state index is 0.101. The fourth-order valence-electron chi connectivity index (χ4n) is 3.07. The molecule has 1 aromatic carbocycles. The molecule has 26 heavy (non-hydrogen) atoms. The molecular weight excluding hydrogens is 328 g/mol. The first-order valence-electron chi connectivity index (χ1n) is 9.07. The lowest BCUT2D eigenvalue weighted by Crippen LogP contribution is -2.48. The average molecular weight is 354 g/mol. The van der Waals surface area contributed by atoms with Gasteiger partial charge in [-0.15, -0.1) is 0 Å². The van der Waals surface area contributed by atoms with Gasteiger partial charge in [-0.05, 0) is 12.8 Å². The number of carboxylic acids is 1. The average Bonchev–Trinajstić information content (AvgIpc) is 2.62. The molecule has 1 aliphatic heterocycles. The summed E-state index contributed by atoms with van der Waals surface area (Å²) in [5.74, 6) is 1.21. The van der Waals surface area contributed by atoms with Crippen LogP contribution in [0.15, 0.2) is 30.3 Å². The van der Waals surface area contributed by atoms with Gasteiger partial charge >= 0.3 is 5.97 Å². The predicted octanol–water partition coefficient (Wildman–Crippen LogP) is 2.78. The van der Waals surface area contributed by atoms with Crippen LogP contribution in [0.25, 0.3) is 11.4 Å². The summed E-state index contributed by atoms with van der Waals surface area (Å²) in [6, 6.07) is 10.3. The van der Waals surface area contributed by atoms with Crippen LogP contribution in [0.2, 0.25) is 0 Å². The number of hydrogen-bond donors (Lipinski definition) is 1. The van der Waals surface area contributed by atoms with Crippen molar-refractivity contribution >= 4 is 11.8 Å². The van der Waals surface area contributed by atoms with Gasteiger partial charge in [0.05, 0.1) is 6.54 Å². The summed E-state index contributed by atoms with van der Waals surface area (Å²) in [6.07, 6.45) is 0. The van der Waals surface area contributed by atoms with Gasteiger partial charge in [-0.1, -0.05) is 43.7 Å². The quantitative estimate of drug-likeness (QED) is 0.890. The Morgan fingerprint density at radius 3 is 2.35 bits per heavy atom. The van der Waals surface area contributed by atoms with Gasteiger partial charge in [0, 0.05) is 43.5 Å². The maximum absolute atomic E-state index is 10.9. The van der Waals surface area contributed by atoms with Gasteiger partial charge in [-0.2, -0.15) is 0 Å². The molecule has 0 saturated carbocycles. The zero-order valence-electron chi connectivity index (χ0n) is 15.6. The zero-order chi connectivity index (χ0) is 18.7. The van der Waals surface area contributed by atoms with Crippen LogP contribution < -0.4 is 4.90 Å². The normalized spacial score (nSPS) is 15.5. The SMILES string of the molecule is Cc1ccc(-c2nc(C(C)C)cc(N3CCN(CC(=O)O)CC3)n2)cc1. The van der Waals surface area contributed by atoms with Gasteiger partial charge in [0.2, 0.25) is 0 Å². The van der Waals surface area contributed by atoms with Crippen molar-refractivity contribution in [3.8, 4) is 11.4 Å². The molecule has 1 aliphatic rings. The fourth-order valence-corrected chi connectivity index (χ4v) is 3.07. The van der Waals surface area contributed by atoms with E-state index in [0.29, 0.717) is 5.92 Å². The van der Waals surface area contributed by atoms with Crippen molar-refractivity contribution in [2.45, 2.75) is 26.7 Å². The lowest BCUT2D eigenvalue weighted by Gasteiger charge is -2.34. The van der Waals surface area contributed by atoms with Gasteiger partial charge in [0.1, 0.15) is 5.82 Å². The monoisotopic (exact) mass is 354 g/mol. The number of aryl methyl sites for hydroxylation is 1. The minimum Gasteiger partial charge on any atom is -0.480 e. The van der Waals surface area contributed by atoms with Crippen LogP contribution in [-0.2, 0) is 4.79 Å². The number of nitrogens with zero attached hydrogens (tertiary/aromatic N) is 4. The lowest BCUT2D eigenvalue weighted by molar-refractivity contribution is -0.138. The Bertz CT molecular complexity index is 766. The van der Waals surface area contributed by atoms with E-state index in [1.807, 2.05) is 4.90 Å². The van der Waals surface area contributed by atoms with Crippen molar-refractivity contribution in [1.82, 2.24) is 14.9 Å². The Hall–Kier alpha value is -2.47. The molecule has 0 radical (unpaired) electrons. The first-order valence-corrected chi connectivity index (χ1v) is 9.07. The Morgan fingerprint density at radius 2 is 1.77 bits per heavy atom. The van der Waals surface area contributed by atoms with Crippen molar-refractivity contribution in [1.29, 1.82) is 0 Å². The van der Waals surface area contributed by atoms with Crippen LogP contribution in [0, 0.1) is 6.92 Å². The first-order chi connectivity index (χ1) is 12.4. The van der Waals surface area contributed by atoms with E-state index in [1.54, 1.807) is 0 Å². The minimum atomic E-state index is -0.774. The number of hydrogen-bond acceptors (Lipinski definition) is 5. The highest BCUT2D eigenvalue weighted by Gasteiger charge is 2.21. The van der Waals surface area contributed by atoms with E-state index >= 15 is 0 Å². The maximum Gasteiger partial charge on any atom is 0.317 e. The van der Waals surface area contributed by atoms with Crippen LogP contribution in [0.1, 0.15) is 31.0 Å². The Balaban J connectivity index is 1.85. The standard InChI is InChI=1S/C20H26N4O2/c1-14(2)17-12-18(24-10-8-23(9-11-24)13-19(25)26)22-20(21-17)16-6-4-15(3)5-7-16/h4-7,12,14H,8-11,13H2,1-3H3,(H,25,26). The summed E-state index contributed by atoms with van der Waals surface area (Å²) in [5, 5.41) is 8.95. The number of benzene rings is 1. The number of carbonyl (C=O) groups is 1. The molecule has 138 valence electrons. The molecular formula is C20H26N4O2. The highest BCUT2D eigenvalue weighted by atomic mass is 16.4. The molecule has 1 saturated heterocycles. The number of rotatable bonds is 5. The molecule has 6 nitrogen and oxygen atoms in total. The van der Waals surface area contributed by atoms with Crippen LogP contribution in [0.3, 0.4) is 0 Å². The largest absolute Gasteiger partial charge is 0.480 e. The van der Waals surface area contributed by atoms with E-state index in [0.717, 1.165) is 49.1 Å². The lowest BCUT2D eigenvalue weighted by atomic mass is 10.1. The second-order valence-electron chi connectivity index (χ2n) is 7.15. The number of carboxylic acid groups (broad SMARTS) is 1. The number of aliphatic carboxylic acids is 1. The van der Waals surface area contributed by atoms with Crippen molar-refractivity contribution < 1.29 is 9.90 Å². The van der Waals surface area contributed by atoms with Crippen LogP contribution >= 0.6 is 0 Å². The number of anilines is 1. The molecule has 2 heterocycles. The highest BCUT2D eigenvalue weighted by molar-refractivity contribution is 5.69. The predicted molar refractivity (Wildman–Crippen MR) is 103 cm³/mol. The molecule has 0 spiro atoms. The maximum atomic E-state index is 10.9. The molecule has 0 atom stereocenters. The third-order valence-corrected chi connectivity index (χ3v) is 4.69. The first kappa shape index (κ1) is 18.3. The van der Waals surface area contributed by atoms with Gasteiger partial charge in [-0.3, -0.25) is 9.69 Å². The van der Waals surface area contributed by atoms with E-state index in [-0.39, 0.29) is 6.54 Å². The van der Waals surface area contributed by atoms with Crippen molar-refractivity contribution in [2.75, 3.05) is 37.6 Å². The summed E-state index contributed by atoms with van der Waals surface area (Å²) in [5.41, 5.74) is 3.26. The Labute approximate surface area is 154 Å². The summed E-state index contributed by atoms with van der Waals surface area (Å²) in [7, 11) is 0. The van der Waals surface area contributed by atoms with E-state index in [4.69, 9.17) is 15.1 Å². The molecule has 0 bridgehead atoms. The van der Waals surface area contributed by atoms with Gasteiger partial charge in [0.15, 0.2) is 5.82 Å². The molecule has 3 rings (SSSR count). The molecule has 0 unspecified atom stereocenters. The second-order valence-corrected chi connectivity index (χ2v) is 7.15. The Kier molecular flexibility index (Phi) is 5.52. The highest BCUT2D eigenvalue weighted by Crippen LogP contribution is 2.25. The van der Waals surface area contributed by atoms with E-state index in [2.05, 4.69) is 56.0 Å². The molecule has 1 N–H and O–H groups in total. The molecule has 2 aromatic rings. The van der Waals surface area contributed by atoms with Crippen LogP contribution in [-0.4, -0.2) is 58.7 Å². The molecule has 0 amide bonds. The Morgan fingerprint density at radius 1 is 1.12 bits per heavy atom. The molecule has 0 aliphatic carbocycles. The van der Waals surface area contributed by atoms with Gasteiger partial charge < -0.3 is 10.0 Å². The van der Waals surface area contributed by atoms with E-state index in [1.165, 1.54) is 5.56 Å². The summed E-state index contributed by atoms with van der Waals surface area (Å²) in [4.78, 5) is 24.6. The van der Waals surface area contributed by atoms with Gasteiger partial charge in [0.25, 0.3) is 0 Å². The fraction of sp³-hybridized carbons (Fsp3) is 0.450. The summed E-state index contributed by atoms with van der Waals surface area (Å²) >= 11 is 0. The van der Waals surface area contributed by atoms with E-state index in [9.17, 15) is 4.79 Å². The summed E-state index contributed by atoms with van der Waals surface area (Å²) in [6.45, 7) is 9.44. The second kappa shape index (κ2) is 7.83. The smallest absolute Gasteiger partial charge is 0.317 e. The van der Waals surface area contributed by atoms with Crippen LogP contribution in [0.4, 0.5) is 5.82 Å². The van der Waals surface area contributed by atoms with Gasteiger partial charge in [-0.25, -0.2) is 9.97 Å². The molecule has 6 heteroatoms. The third-order valence-electron chi connectivity index (χ3n) is 4.69. The number of piperazine rings is 1. The zero-order valence-corrected chi connectivity index (χ0v) is 15.6. The molecule has 1 fully saturated rings. The number of aromatic nitrogens is 2. The van der Waals surface area contributed by atoms with Crippen LogP contribution in [0.5, 0.6) is 0 Å². The van der Waals surface area contributed by atoms with Crippen molar-refractivity contribution in [3.05, 3.63) is 41.6 Å².